The van der Waals surface area contributed by atoms with E-state index in [4.69, 9.17) is 0 Å². The van der Waals surface area contributed by atoms with Crippen LogP contribution in [0.4, 0.5) is 0 Å². The molecule has 0 saturated heterocycles. The first kappa shape index (κ1) is 7.02. The fourth-order valence-electron chi connectivity index (χ4n) is 0.447. The second-order valence-corrected chi connectivity index (χ2v) is 3.51. The lowest BCUT2D eigenvalue weighted by molar-refractivity contribution is 0.986. The van der Waals surface area contributed by atoms with Crippen molar-refractivity contribution in [3.63, 3.8) is 0 Å². The Bertz CT molecular complexity index is 195. The first-order valence-corrected chi connectivity index (χ1v) is 3.84. The maximum atomic E-state index is 4.10. The molecule has 0 N–H and O–H groups in total. The zero-order chi connectivity index (χ0) is 6.85. The molecule has 0 saturated carbocycles. The third kappa shape index (κ3) is 1.66. The summed E-state index contributed by atoms with van der Waals surface area (Å²) in [6, 6.07) is 0. The Kier molecular flexibility index (Phi) is 2.08. The summed E-state index contributed by atoms with van der Waals surface area (Å²) in [7, 11) is 0. The molecule has 0 aliphatic heterocycles. The molecule has 2 nitrogen and oxygen atoms in total. The van der Waals surface area contributed by atoms with Crippen molar-refractivity contribution in [1.29, 1.82) is 0 Å². The largest absolute Gasteiger partial charge is 0.168 e. The second kappa shape index (κ2) is 2.66. The van der Waals surface area contributed by atoms with Crippen molar-refractivity contribution in [2.45, 2.75) is 12.2 Å². The number of rotatable bonds is 1. The van der Waals surface area contributed by atoms with Gasteiger partial charge in [0.1, 0.15) is 10.0 Å². The highest BCUT2D eigenvalue weighted by Gasteiger charge is 2.03. The fourth-order valence-corrected chi connectivity index (χ4v) is 1.26. The average Bonchev–Trinajstić information content (AvgIpc) is 2.14. The molecule has 1 heterocycles. The van der Waals surface area contributed by atoms with Crippen LogP contribution < -0.4 is 0 Å². The lowest BCUT2D eigenvalue weighted by Crippen LogP contribution is -1.81. The molecule has 0 aliphatic rings. The van der Waals surface area contributed by atoms with Gasteiger partial charge in [-0.2, -0.15) is 12.6 Å². The van der Waals surface area contributed by atoms with Gasteiger partial charge in [0.25, 0.3) is 0 Å². The zero-order valence-electron chi connectivity index (χ0n) is 5.03. The molecule has 0 fully saturated rings. The minimum atomic E-state index is -0.0313. The fraction of sp³-hybridized carbons (Fsp3) is 0.400. The Morgan fingerprint density at radius 2 is 2.33 bits per heavy atom. The van der Waals surface area contributed by atoms with Gasteiger partial charge in [-0.25, -0.2) is 0 Å². The zero-order valence-corrected chi connectivity index (χ0v) is 6.75. The lowest BCUT2D eigenvalue weighted by Gasteiger charge is -1.91. The van der Waals surface area contributed by atoms with E-state index in [1.807, 2.05) is 6.92 Å². The SMILES string of the molecule is [CH2]C(S)c1nnc(C)s1. The lowest BCUT2D eigenvalue weighted by atomic mass is 10.5. The van der Waals surface area contributed by atoms with E-state index in [0.717, 1.165) is 10.0 Å². The highest BCUT2D eigenvalue weighted by molar-refractivity contribution is 7.80. The van der Waals surface area contributed by atoms with E-state index >= 15 is 0 Å². The molecule has 0 aliphatic carbocycles. The van der Waals surface area contributed by atoms with Crippen LogP contribution in [0.1, 0.15) is 15.3 Å². The van der Waals surface area contributed by atoms with Crippen molar-refractivity contribution < 1.29 is 0 Å². The van der Waals surface area contributed by atoms with Gasteiger partial charge in [-0.1, -0.05) is 0 Å². The maximum absolute atomic E-state index is 4.10. The molecule has 0 bridgehead atoms. The Morgan fingerprint density at radius 3 is 2.56 bits per heavy atom. The molecule has 4 heteroatoms. The first-order chi connectivity index (χ1) is 4.20. The van der Waals surface area contributed by atoms with Crippen LogP contribution in [0.15, 0.2) is 0 Å². The van der Waals surface area contributed by atoms with Gasteiger partial charge in [0, 0.05) is 0 Å². The first-order valence-electron chi connectivity index (χ1n) is 2.51. The molecule has 0 spiro atoms. The Hall–Kier alpha value is -0.0900. The smallest absolute Gasteiger partial charge is 0.130 e. The van der Waals surface area contributed by atoms with Crippen LogP contribution in [0, 0.1) is 13.8 Å². The summed E-state index contributed by atoms with van der Waals surface area (Å²) in [6.07, 6.45) is 0. The van der Waals surface area contributed by atoms with E-state index in [2.05, 4.69) is 29.7 Å². The van der Waals surface area contributed by atoms with Gasteiger partial charge in [-0.15, -0.1) is 21.5 Å². The van der Waals surface area contributed by atoms with Gasteiger partial charge < -0.3 is 0 Å². The molecule has 0 amide bonds. The molecule has 0 aromatic carbocycles. The van der Waals surface area contributed by atoms with E-state index in [-0.39, 0.29) is 5.25 Å². The third-order valence-electron chi connectivity index (χ3n) is 0.827. The predicted octanol–water partition coefficient (Wildman–Crippen LogP) is 1.65. The van der Waals surface area contributed by atoms with Gasteiger partial charge >= 0.3 is 0 Å². The molecule has 1 unspecified atom stereocenters. The Morgan fingerprint density at radius 1 is 1.67 bits per heavy atom. The number of nitrogens with zero attached hydrogens (tertiary/aromatic N) is 2. The maximum Gasteiger partial charge on any atom is 0.130 e. The van der Waals surface area contributed by atoms with Gasteiger partial charge in [-0.05, 0) is 13.8 Å². The summed E-state index contributed by atoms with van der Waals surface area (Å²) >= 11 is 5.63. The summed E-state index contributed by atoms with van der Waals surface area (Å²) < 4.78 is 0. The van der Waals surface area contributed by atoms with Crippen LogP contribution in [0.5, 0.6) is 0 Å². The van der Waals surface area contributed by atoms with Gasteiger partial charge in [-0.3, -0.25) is 0 Å². The van der Waals surface area contributed by atoms with Crippen molar-refractivity contribution in [2.24, 2.45) is 0 Å². The second-order valence-electron chi connectivity index (χ2n) is 1.68. The predicted molar refractivity (Wildman–Crippen MR) is 41.7 cm³/mol. The minimum Gasteiger partial charge on any atom is -0.168 e. The van der Waals surface area contributed by atoms with Gasteiger partial charge in [0.2, 0.25) is 0 Å². The summed E-state index contributed by atoms with van der Waals surface area (Å²) in [5, 5.41) is 9.48. The molecule has 1 radical (unpaired) electrons. The van der Waals surface area contributed by atoms with Crippen molar-refractivity contribution in [3.05, 3.63) is 16.9 Å². The summed E-state index contributed by atoms with van der Waals surface area (Å²) in [6.45, 7) is 5.61. The van der Waals surface area contributed by atoms with Crippen molar-refractivity contribution in [3.8, 4) is 0 Å². The van der Waals surface area contributed by atoms with E-state index in [0.29, 0.717) is 0 Å². The Labute approximate surface area is 63.7 Å². The third-order valence-corrected chi connectivity index (χ3v) is 2.20. The highest BCUT2D eigenvalue weighted by Crippen LogP contribution is 2.20. The molecular weight excluding hydrogens is 152 g/mol. The van der Waals surface area contributed by atoms with Crippen LogP contribution in [0.2, 0.25) is 0 Å². The van der Waals surface area contributed by atoms with E-state index in [9.17, 15) is 0 Å². The van der Waals surface area contributed by atoms with Crippen molar-refractivity contribution in [2.75, 3.05) is 0 Å². The molecule has 1 aromatic rings. The number of aromatic nitrogens is 2. The van der Waals surface area contributed by atoms with Crippen LogP contribution in [0.25, 0.3) is 0 Å². The van der Waals surface area contributed by atoms with E-state index in [1.54, 1.807) is 0 Å². The van der Waals surface area contributed by atoms with Crippen molar-refractivity contribution in [1.82, 2.24) is 10.2 Å². The van der Waals surface area contributed by atoms with Gasteiger partial charge in [0.15, 0.2) is 0 Å². The molecule has 49 valence electrons. The van der Waals surface area contributed by atoms with Crippen LogP contribution in [-0.4, -0.2) is 10.2 Å². The van der Waals surface area contributed by atoms with Gasteiger partial charge in [0.05, 0.1) is 5.25 Å². The highest BCUT2D eigenvalue weighted by atomic mass is 32.1. The average molecular weight is 159 g/mol. The van der Waals surface area contributed by atoms with Crippen LogP contribution >= 0.6 is 24.0 Å². The topological polar surface area (TPSA) is 25.8 Å². The van der Waals surface area contributed by atoms with Crippen LogP contribution in [-0.2, 0) is 0 Å². The molecule has 9 heavy (non-hydrogen) atoms. The summed E-state index contributed by atoms with van der Waals surface area (Å²) in [5.74, 6) is 0. The monoisotopic (exact) mass is 159 g/mol. The quantitative estimate of drug-likeness (QED) is 0.630. The number of hydrogen-bond donors (Lipinski definition) is 1. The van der Waals surface area contributed by atoms with E-state index < -0.39 is 0 Å². The Balaban J connectivity index is 2.85. The summed E-state index contributed by atoms with van der Waals surface area (Å²) in [4.78, 5) is 0. The number of hydrogen-bond acceptors (Lipinski definition) is 4. The molecule has 1 aromatic heterocycles. The molecular formula is C5H7N2S2. The minimum absolute atomic E-state index is 0.0313. The summed E-state index contributed by atoms with van der Waals surface area (Å²) in [5.41, 5.74) is 0. The number of thiol groups is 1. The molecule has 1 rings (SSSR count). The molecule has 1 atom stereocenters. The normalized spacial score (nSPS) is 13.7. The number of aryl methyl sites for hydroxylation is 1. The van der Waals surface area contributed by atoms with E-state index in [1.165, 1.54) is 11.3 Å². The van der Waals surface area contributed by atoms with Crippen molar-refractivity contribution >= 4 is 24.0 Å². The standard InChI is InChI=1S/C5H7N2S2/c1-3(8)5-7-6-4(2)9-5/h3,8H,1H2,2H3. The van der Waals surface area contributed by atoms with Crippen LogP contribution in [0.3, 0.4) is 0 Å².